The number of rotatable bonds is 9. The van der Waals surface area contributed by atoms with Crippen LogP contribution >= 0.6 is 35.0 Å². The topological polar surface area (TPSA) is 88.9 Å². The molecule has 31 heavy (non-hydrogen) atoms. The number of benzene rings is 2. The fraction of sp³-hybridized carbons (Fsp3) is 0.238. The third-order valence-corrected chi connectivity index (χ3v) is 5.69. The molecule has 0 aliphatic heterocycles. The van der Waals surface area contributed by atoms with Crippen LogP contribution in [0.2, 0.25) is 10.0 Å². The minimum Gasteiger partial charge on any atom is -0.350 e. The molecule has 3 rings (SSSR count). The van der Waals surface area contributed by atoms with Crippen molar-refractivity contribution in [1.29, 1.82) is 0 Å². The molecule has 1 unspecified atom stereocenters. The molecule has 0 radical (unpaired) electrons. The predicted octanol–water partition coefficient (Wildman–Crippen LogP) is 3.74. The number of carbonyl (C=O) groups excluding carboxylic acids is 2. The average molecular weight is 478 g/mol. The molecule has 0 spiro atoms. The summed E-state index contributed by atoms with van der Waals surface area (Å²) >= 11 is 13.6. The van der Waals surface area contributed by atoms with E-state index in [1.54, 1.807) is 34.9 Å². The van der Waals surface area contributed by atoms with Gasteiger partial charge in [-0.25, -0.2) is 9.67 Å². The standard InChI is InChI=1S/C21H21Cl2N5O2S/c1-31-9-8-19(27-20(29)17-7-4-15(22)10-18(17)23)21(30)25-11-14-2-5-16(6-3-14)28-13-24-12-26-28/h2-7,10,12-13,19H,8-9,11H2,1H3,(H,25,30)(H,27,29). The van der Waals surface area contributed by atoms with Crippen molar-refractivity contribution in [3.63, 3.8) is 0 Å². The van der Waals surface area contributed by atoms with Gasteiger partial charge in [0.05, 0.1) is 16.3 Å². The lowest BCUT2D eigenvalue weighted by molar-refractivity contribution is -0.123. The number of nitrogens with zero attached hydrogens (tertiary/aromatic N) is 3. The van der Waals surface area contributed by atoms with Crippen molar-refractivity contribution in [1.82, 2.24) is 25.4 Å². The summed E-state index contributed by atoms with van der Waals surface area (Å²) in [5, 5.41) is 10.4. The van der Waals surface area contributed by atoms with Crippen LogP contribution in [0.25, 0.3) is 5.69 Å². The van der Waals surface area contributed by atoms with Crippen LogP contribution in [-0.4, -0.2) is 44.6 Å². The molecule has 7 nitrogen and oxygen atoms in total. The van der Waals surface area contributed by atoms with Crippen molar-refractivity contribution < 1.29 is 9.59 Å². The summed E-state index contributed by atoms with van der Waals surface area (Å²) in [6.07, 6.45) is 5.52. The summed E-state index contributed by atoms with van der Waals surface area (Å²) in [5.41, 5.74) is 2.07. The van der Waals surface area contributed by atoms with E-state index in [9.17, 15) is 9.59 Å². The molecule has 1 heterocycles. The van der Waals surface area contributed by atoms with Crippen molar-refractivity contribution in [2.24, 2.45) is 0 Å². The van der Waals surface area contributed by atoms with Crippen LogP contribution in [0.15, 0.2) is 55.1 Å². The highest BCUT2D eigenvalue weighted by Gasteiger charge is 2.22. The monoisotopic (exact) mass is 477 g/mol. The minimum atomic E-state index is -0.680. The SMILES string of the molecule is CSCCC(NC(=O)c1ccc(Cl)cc1Cl)C(=O)NCc1ccc(-n2cncn2)cc1. The maximum absolute atomic E-state index is 12.8. The summed E-state index contributed by atoms with van der Waals surface area (Å²) in [7, 11) is 0. The van der Waals surface area contributed by atoms with Crippen LogP contribution < -0.4 is 10.6 Å². The molecule has 0 saturated carbocycles. The van der Waals surface area contributed by atoms with Gasteiger partial charge in [-0.2, -0.15) is 16.9 Å². The van der Waals surface area contributed by atoms with E-state index in [1.165, 1.54) is 12.4 Å². The molecule has 2 N–H and O–H groups in total. The quantitative estimate of drug-likeness (QED) is 0.489. The highest BCUT2D eigenvalue weighted by atomic mass is 35.5. The molecule has 1 atom stereocenters. The van der Waals surface area contributed by atoms with E-state index in [2.05, 4.69) is 20.7 Å². The van der Waals surface area contributed by atoms with E-state index in [1.807, 2.05) is 30.5 Å². The minimum absolute atomic E-state index is 0.237. The van der Waals surface area contributed by atoms with Crippen LogP contribution in [0, 0.1) is 0 Å². The van der Waals surface area contributed by atoms with E-state index in [-0.39, 0.29) is 16.5 Å². The average Bonchev–Trinajstić information content (AvgIpc) is 3.30. The smallest absolute Gasteiger partial charge is 0.253 e. The highest BCUT2D eigenvalue weighted by Crippen LogP contribution is 2.21. The molecule has 162 valence electrons. The Balaban J connectivity index is 1.62. The second-order valence-electron chi connectivity index (χ2n) is 6.66. The number of nitrogens with one attached hydrogen (secondary N) is 2. The zero-order valence-corrected chi connectivity index (χ0v) is 19.0. The molecule has 3 aromatic rings. The highest BCUT2D eigenvalue weighted by molar-refractivity contribution is 7.98. The van der Waals surface area contributed by atoms with Gasteiger partial charge < -0.3 is 10.6 Å². The third-order valence-electron chi connectivity index (χ3n) is 4.49. The molecule has 0 fully saturated rings. The molecule has 2 amide bonds. The lowest BCUT2D eigenvalue weighted by Gasteiger charge is -2.19. The molecule has 2 aromatic carbocycles. The lowest BCUT2D eigenvalue weighted by atomic mass is 10.1. The lowest BCUT2D eigenvalue weighted by Crippen LogP contribution is -2.47. The Hall–Kier alpha value is -2.55. The summed E-state index contributed by atoms with van der Waals surface area (Å²) in [6, 6.07) is 11.5. The number of carbonyl (C=O) groups is 2. The fourth-order valence-corrected chi connectivity index (χ4v) is 3.80. The van der Waals surface area contributed by atoms with Gasteiger partial charge in [0, 0.05) is 11.6 Å². The zero-order chi connectivity index (χ0) is 22.2. The van der Waals surface area contributed by atoms with Crippen LogP contribution in [0.1, 0.15) is 22.3 Å². The molecule has 0 bridgehead atoms. The first-order chi connectivity index (χ1) is 15.0. The van der Waals surface area contributed by atoms with Gasteiger partial charge >= 0.3 is 0 Å². The Morgan fingerprint density at radius 1 is 1.16 bits per heavy atom. The van der Waals surface area contributed by atoms with Crippen LogP contribution in [0.3, 0.4) is 0 Å². The maximum Gasteiger partial charge on any atom is 0.253 e. The van der Waals surface area contributed by atoms with E-state index in [0.29, 0.717) is 18.0 Å². The number of hydrogen-bond acceptors (Lipinski definition) is 5. The molecule has 0 aliphatic rings. The number of halogens is 2. The van der Waals surface area contributed by atoms with Crippen LogP contribution in [0.4, 0.5) is 0 Å². The van der Waals surface area contributed by atoms with Gasteiger partial charge in [-0.05, 0) is 54.3 Å². The molecule has 10 heteroatoms. The van der Waals surface area contributed by atoms with Crippen molar-refractivity contribution >= 4 is 46.8 Å². The second-order valence-corrected chi connectivity index (χ2v) is 8.49. The molecular formula is C21H21Cl2N5O2S. The summed E-state index contributed by atoms with van der Waals surface area (Å²) in [6.45, 7) is 0.337. The maximum atomic E-state index is 12.8. The molecule has 1 aromatic heterocycles. The van der Waals surface area contributed by atoms with Crippen molar-refractivity contribution in [3.8, 4) is 5.69 Å². The van der Waals surface area contributed by atoms with Crippen LogP contribution in [-0.2, 0) is 11.3 Å². The second kappa shape index (κ2) is 11.2. The van der Waals surface area contributed by atoms with Crippen molar-refractivity contribution in [2.75, 3.05) is 12.0 Å². The fourth-order valence-electron chi connectivity index (χ4n) is 2.83. The number of hydrogen-bond donors (Lipinski definition) is 2. The summed E-state index contributed by atoms with van der Waals surface area (Å²) in [5.74, 6) is 0.0483. The summed E-state index contributed by atoms with van der Waals surface area (Å²) < 4.78 is 1.65. The number of thioether (sulfide) groups is 1. The number of amides is 2. The normalized spacial score (nSPS) is 11.7. The van der Waals surface area contributed by atoms with Gasteiger partial charge in [-0.1, -0.05) is 35.3 Å². The van der Waals surface area contributed by atoms with Gasteiger partial charge in [0.25, 0.3) is 5.91 Å². The van der Waals surface area contributed by atoms with E-state index in [4.69, 9.17) is 23.2 Å². The Morgan fingerprint density at radius 2 is 1.94 bits per heavy atom. The van der Waals surface area contributed by atoms with Gasteiger partial charge in [0.2, 0.25) is 5.91 Å². The van der Waals surface area contributed by atoms with E-state index >= 15 is 0 Å². The zero-order valence-electron chi connectivity index (χ0n) is 16.7. The molecule has 0 aliphatic carbocycles. The van der Waals surface area contributed by atoms with Gasteiger partial charge in [-0.3, -0.25) is 9.59 Å². The third kappa shape index (κ3) is 6.46. The molecular weight excluding hydrogens is 457 g/mol. The first kappa shape index (κ1) is 23.1. The Bertz CT molecular complexity index is 1030. The first-order valence-corrected chi connectivity index (χ1v) is 11.6. The Kier molecular flexibility index (Phi) is 8.34. The van der Waals surface area contributed by atoms with Crippen LogP contribution in [0.5, 0.6) is 0 Å². The first-order valence-electron chi connectivity index (χ1n) is 9.44. The molecule has 0 saturated heterocycles. The van der Waals surface area contributed by atoms with Gasteiger partial charge in [0.15, 0.2) is 0 Å². The predicted molar refractivity (Wildman–Crippen MR) is 124 cm³/mol. The van der Waals surface area contributed by atoms with Gasteiger partial charge in [0.1, 0.15) is 18.7 Å². The van der Waals surface area contributed by atoms with Gasteiger partial charge in [-0.15, -0.1) is 0 Å². The van der Waals surface area contributed by atoms with E-state index < -0.39 is 11.9 Å². The largest absolute Gasteiger partial charge is 0.350 e. The van der Waals surface area contributed by atoms with Crippen molar-refractivity contribution in [3.05, 3.63) is 76.3 Å². The Labute approximate surface area is 194 Å². The van der Waals surface area contributed by atoms with E-state index in [0.717, 1.165) is 17.0 Å². The number of aromatic nitrogens is 3. The Morgan fingerprint density at radius 3 is 2.58 bits per heavy atom. The summed E-state index contributed by atoms with van der Waals surface area (Å²) in [4.78, 5) is 29.3. The van der Waals surface area contributed by atoms with Crippen molar-refractivity contribution in [2.45, 2.75) is 19.0 Å².